The molecule has 0 unspecified atom stereocenters. The van der Waals surface area contributed by atoms with Crippen LogP contribution in [0.25, 0.3) is 0 Å². The Morgan fingerprint density at radius 2 is 1.70 bits per heavy atom. The van der Waals surface area contributed by atoms with E-state index in [0.29, 0.717) is 0 Å². The van der Waals surface area contributed by atoms with Crippen LogP contribution in [0, 0.1) is 6.92 Å². The van der Waals surface area contributed by atoms with Crippen LogP contribution in [0.1, 0.15) is 18.1 Å². The van der Waals surface area contributed by atoms with Crippen LogP contribution in [0.3, 0.4) is 0 Å². The van der Waals surface area contributed by atoms with Crippen molar-refractivity contribution in [1.29, 1.82) is 0 Å². The van der Waals surface area contributed by atoms with E-state index >= 15 is 0 Å². The van der Waals surface area contributed by atoms with Crippen molar-refractivity contribution in [2.45, 2.75) is 30.1 Å². The highest BCUT2D eigenvalue weighted by molar-refractivity contribution is 7.99. The van der Waals surface area contributed by atoms with Crippen LogP contribution in [0.15, 0.2) is 34.1 Å². The molecule has 1 saturated heterocycles. The van der Waals surface area contributed by atoms with Crippen LogP contribution in [0.4, 0.5) is 22.7 Å². The molecule has 0 radical (unpaired) electrons. The van der Waals surface area contributed by atoms with Gasteiger partial charge in [-0.3, -0.25) is 0 Å². The number of anilines is 4. The Kier molecular flexibility index (Phi) is 4.99. The molecule has 4 nitrogen and oxygen atoms in total. The standard InChI is InChI=1S/C22H30N4S/c1-6-16-12-17(24(3)4)13-20-22(16)23-21-15(2)11-18(14-19(21)27-20)26-9-7-25(5)8-10-26/h11-14,23H,6-10H2,1-5H3. The van der Waals surface area contributed by atoms with Crippen molar-refractivity contribution >= 4 is 34.5 Å². The fourth-order valence-electron chi connectivity index (χ4n) is 3.88. The van der Waals surface area contributed by atoms with Gasteiger partial charge in [-0.25, -0.2) is 0 Å². The van der Waals surface area contributed by atoms with Crippen molar-refractivity contribution in [1.82, 2.24) is 4.90 Å². The summed E-state index contributed by atoms with van der Waals surface area (Å²) >= 11 is 1.91. The lowest BCUT2D eigenvalue weighted by Gasteiger charge is -2.35. The van der Waals surface area contributed by atoms with Crippen LogP contribution in [-0.4, -0.2) is 52.2 Å². The molecule has 4 rings (SSSR count). The molecular formula is C22H30N4S. The zero-order valence-electron chi connectivity index (χ0n) is 17.1. The van der Waals surface area contributed by atoms with E-state index in [1.165, 1.54) is 43.7 Å². The zero-order chi connectivity index (χ0) is 19.1. The highest BCUT2D eigenvalue weighted by atomic mass is 32.2. The number of benzene rings is 2. The first-order chi connectivity index (χ1) is 13.0. The van der Waals surface area contributed by atoms with Crippen molar-refractivity contribution in [3.8, 4) is 0 Å². The highest BCUT2D eigenvalue weighted by Crippen LogP contribution is 2.49. The zero-order valence-corrected chi connectivity index (χ0v) is 17.9. The first-order valence-electron chi connectivity index (χ1n) is 9.83. The second-order valence-electron chi connectivity index (χ2n) is 7.88. The van der Waals surface area contributed by atoms with Crippen molar-refractivity contribution in [3.05, 3.63) is 35.4 Å². The SMILES string of the molecule is CCc1cc(N(C)C)cc2c1Nc1c(C)cc(N3CCN(C)CC3)cc1S2. The van der Waals surface area contributed by atoms with Gasteiger partial charge in [0.05, 0.1) is 11.4 Å². The fraction of sp³-hybridized carbons (Fsp3) is 0.455. The van der Waals surface area contributed by atoms with Crippen LogP contribution in [-0.2, 0) is 6.42 Å². The quantitative estimate of drug-likeness (QED) is 0.714. The topological polar surface area (TPSA) is 21.8 Å². The van der Waals surface area contributed by atoms with Crippen LogP contribution in [0.5, 0.6) is 0 Å². The normalized spacial score (nSPS) is 16.6. The molecule has 2 aromatic rings. The van der Waals surface area contributed by atoms with Gasteiger partial charge in [0.25, 0.3) is 0 Å². The number of piperazine rings is 1. The molecule has 0 amide bonds. The van der Waals surface area contributed by atoms with Crippen LogP contribution < -0.4 is 15.1 Å². The summed E-state index contributed by atoms with van der Waals surface area (Å²) in [6.45, 7) is 8.95. The number of fused-ring (bicyclic) bond motifs is 2. The van der Waals surface area contributed by atoms with Gasteiger partial charge in [-0.15, -0.1) is 0 Å². The van der Waals surface area contributed by atoms with E-state index in [2.05, 4.69) is 79.3 Å². The number of aryl methyl sites for hydroxylation is 2. The Hall–Kier alpha value is -1.85. The van der Waals surface area contributed by atoms with E-state index in [1.807, 2.05) is 11.8 Å². The van der Waals surface area contributed by atoms with Gasteiger partial charge in [0.15, 0.2) is 0 Å². The number of likely N-dealkylation sites (N-methyl/N-ethyl adjacent to an activating group) is 1. The molecule has 2 aliphatic rings. The summed E-state index contributed by atoms with van der Waals surface area (Å²) in [6, 6.07) is 9.35. The lowest BCUT2D eigenvalue weighted by molar-refractivity contribution is 0.313. The molecule has 27 heavy (non-hydrogen) atoms. The number of rotatable bonds is 3. The van der Waals surface area contributed by atoms with Crippen LogP contribution in [0.2, 0.25) is 0 Å². The first-order valence-corrected chi connectivity index (χ1v) is 10.6. The van der Waals surface area contributed by atoms with E-state index in [9.17, 15) is 0 Å². The summed E-state index contributed by atoms with van der Waals surface area (Å²) in [5.74, 6) is 0. The second-order valence-corrected chi connectivity index (χ2v) is 8.96. The molecule has 2 aliphatic heterocycles. The minimum atomic E-state index is 1.03. The molecule has 2 aromatic carbocycles. The summed E-state index contributed by atoms with van der Waals surface area (Å²) < 4.78 is 0. The number of nitrogens with zero attached hydrogens (tertiary/aromatic N) is 3. The molecule has 0 atom stereocenters. The molecule has 2 heterocycles. The maximum absolute atomic E-state index is 3.77. The van der Waals surface area contributed by atoms with Gasteiger partial charge in [-0.1, -0.05) is 18.7 Å². The Labute approximate surface area is 167 Å². The van der Waals surface area contributed by atoms with Gasteiger partial charge in [0, 0.05) is 61.4 Å². The van der Waals surface area contributed by atoms with Gasteiger partial charge in [-0.2, -0.15) is 0 Å². The third-order valence-corrected chi connectivity index (χ3v) is 6.77. The average Bonchev–Trinajstić information content (AvgIpc) is 2.66. The predicted octanol–water partition coefficient (Wildman–Crippen LogP) is 4.58. The van der Waals surface area contributed by atoms with Crippen molar-refractivity contribution in [2.75, 3.05) is 62.4 Å². The highest BCUT2D eigenvalue weighted by Gasteiger charge is 2.23. The third kappa shape index (κ3) is 3.50. The van der Waals surface area contributed by atoms with Crippen molar-refractivity contribution in [3.63, 3.8) is 0 Å². The van der Waals surface area contributed by atoms with E-state index < -0.39 is 0 Å². The first kappa shape index (κ1) is 18.5. The third-order valence-electron chi connectivity index (χ3n) is 5.69. The predicted molar refractivity (Wildman–Crippen MR) is 118 cm³/mol. The number of nitrogens with one attached hydrogen (secondary N) is 1. The summed E-state index contributed by atoms with van der Waals surface area (Å²) in [4.78, 5) is 9.80. The van der Waals surface area contributed by atoms with Gasteiger partial charge >= 0.3 is 0 Å². The van der Waals surface area contributed by atoms with E-state index in [1.54, 1.807) is 0 Å². The fourth-order valence-corrected chi connectivity index (χ4v) is 5.08. The average molecular weight is 383 g/mol. The molecule has 0 spiro atoms. The van der Waals surface area contributed by atoms with E-state index in [0.717, 1.165) is 32.6 Å². The Morgan fingerprint density at radius 1 is 1.00 bits per heavy atom. The molecule has 5 heteroatoms. The van der Waals surface area contributed by atoms with Crippen molar-refractivity contribution < 1.29 is 0 Å². The van der Waals surface area contributed by atoms with Gasteiger partial charge in [0.1, 0.15) is 0 Å². The van der Waals surface area contributed by atoms with E-state index in [-0.39, 0.29) is 0 Å². The molecule has 0 saturated carbocycles. The van der Waals surface area contributed by atoms with Crippen LogP contribution >= 0.6 is 11.8 Å². The smallest absolute Gasteiger partial charge is 0.0560 e. The molecule has 0 bridgehead atoms. The van der Waals surface area contributed by atoms with Gasteiger partial charge in [0.2, 0.25) is 0 Å². The number of hydrogen-bond donors (Lipinski definition) is 1. The molecule has 0 aromatic heterocycles. The Morgan fingerprint density at radius 3 is 2.37 bits per heavy atom. The molecular weight excluding hydrogens is 352 g/mol. The lowest BCUT2D eigenvalue weighted by Crippen LogP contribution is -2.44. The summed E-state index contributed by atoms with van der Waals surface area (Å²) in [5.41, 5.74) is 7.91. The van der Waals surface area contributed by atoms with Gasteiger partial charge in [-0.05, 0) is 55.8 Å². The van der Waals surface area contributed by atoms with Gasteiger partial charge < -0.3 is 20.0 Å². The maximum Gasteiger partial charge on any atom is 0.0560 e. The summed E-state index contributed by atoms with van der Waals surface area (Å²) in [6.07, 6.45) is 1.03. The summed E-state index contributed by atoms with van der Waals surface area (Å²) in [7, 11) is 6.44. The minimum Gasteiger partial charge on any atom is -0.378 e. The summed E-state index contributed by atoms with van der Waals surface area (Å²) in [5, 5.41) is 3.77. The Balaban J connectivity index is 1.70. The second kappa shape index (κ2) is 7.28. The molecule has 1 fully saturated rings. The molecule has 0 aliphatic carbocycles. The largest absolute Gasteiger partial charge is 0.378 e. The minimum absolute atomic E-state index is 1.03. The van der Waals surface area contributed by atoms with Crippen molar-refractivity contribution in [2.24, 2.45) is 0 Å². The van der Waals surface area contributed by atoms with E-state index in [4.69, 9.17) is 0 Å². The number of hydrogen-bond acceptors (Lipinski definition) is 5. The molecule has 1 N–H and O–H groups in total. The Bertz CT molecular complexity index is 854. The monoisotopic (exact) mass is 382 g/mol. The molecule has 144 valence electrons. The maximum atomic E-state index is 3.77. The lowest BCUT2D eigenvalue weighted by atomic mass is 10.1.